The van der Waals surface area contributed by atoms with E-state index in [9.17, 15) is 29.1 Å². The molecule has 0 aliphatic heterocycles. The molecule has 3 amide bonds. The Balaban J connectivity index is 2.02. The third-order valence-electron chi connectivity index (χ3n) is 6.46. The van der Waals surface area contributed by atoms with Crippen LogP contribution >= 0.6 is 0 Å². The number of carboxylic acid groups (broad SMARTS) is 2. The lowest BCUT2D eigenvalue weighted by Crippen LogP contribution is -2.41. The van der Waals surface area contributed by atoms with Crippen LogP contribution in [0.15, 0.2) is 24.3 Å². The molecule has 0 aliphatic rings. The number of hydrogen-bond donors (Lipinski definition) is 5. The Bertz CT molecular complexity index is 987. The number of carboxylic acids is 2. The number of hydrogen-bond acceptors (Lipinski definition) is 8. The van der Waals surface area contributed by atoms with Crippen molar-refractivity contribution in [1.82, 2.24) is 16.0 Å². The minimum Gasteiger partial charge on any atom is -0.494 e. The van der Waals surface area contributed by atoms with Gasteiger partial charge >= 0.3 is 11.9 Å². The number of ether oxygens (including phenoxy) is 3. The SMILES string of the molecule is CCCNC(=O)COCCOCCNC(=O)CC[C@H](NC(=O)CCCCCCCCCOc1ccc(C(=O)O)cc1)C(=O)O. The van der Waals surface area contributed by atoms with Crippen molar-refractivity contribution in [2.45, 2.75) is 83.6 Å². The Morgan fingerprint density at radius 1 is 0.705 bits per heavy atom. The van der Waals surface area contributed by atoms with Gasteiger partial charge < -0.3 is 40.4 Å². The molecule has 0 spiro atoms. The summed E-state index contributed by atoms with van der Waals surface area (Å²) in [5.74, 6) is -2.36. The highest BCUT2D eigenvalue weighted by Gasteiger charge is 2.20. The van der Waals surface area contributed by atoms with E-state index in [2.05, 4.69) is 16.0 Å². The number of carbonyl (C=O) groups excluding carboxylic acids is 3. The molecule has 0 radical (unpaired) electrons. The molecule has 5 N–H and O–H groups in total. The zero-order chi connectivity index (χ0) is 32.4. The normalized spacial score (nSPS) is 11.4. The predicted octanol–water partition coefficient (Wildman–Crippen LogP) is 2.91. The molecule has 13 heteroatoms. The lowest BCUT2D eigenvalue weighted by molar-refractivity contribution is -0.142. The van der Waals surface area contributed by atoms with E-state index in [-0.39, 0.29) is 75.5 Å². The third kappa shape index (κ3) is 20.2. The first-order valence-electron chi connectivity index (χ1n) is 15.4. The Kier molecular flexibility index (Phi) is 21.5. The highest BCUT2D eigenvalue weighted by molar-refractivity contribution is 5.87. The van der Waals surface area contributed by atoms with Crippen LogP contribution in [0.25, 0.3) is 0 Å². The summed E-state index contributed by atoms with van der Waals surface area (Å²) in [7, 11) is 0. The lowest BCUT2D eigenvalue weighted by Gasteiger charge is -2.14. The molecule has 0 aromatic heterocycles. The van der Waals surface area contributed by atoms with Crippen molar-refractivity contribution in [1.29, 1.82) is 0 Å². The molecule has 0 saturated carbocycles. The van der Waals surface area contributed by atoms with Crippen LogP contribution in [0.4, 0.5) is 0 Å². The van der Waals surface area contributed by atoms with Gasteiger partial charge in [-0.05, 0) is 49.9 Å². The molecule has 1 atom stereocenters. The van der Waals surface area contributed by atoms with E-state index in [0.717, 1.165) is 44.9 Å². The van der Waals surface area contributed by atoms with Gasteiger partial charge in [-0.15, -0.1) is 0 Å². The summed E-state index contributed by atoms with van der Waals surface area (Å²) in [4.78, 5) is 58.0. The number of carbonyl (C=O) groups is 5. The maximum Gasteiger partial charge on any atom is 0.335 e. The van der Waals surface area contributed by atoms with Crippen LogP contribution in [-0.4, -0.2) is 92.0 Å². The standard InChI is InChI=1S/C31H49N3O10/c1-2-17-32-29(37)23-43-22-21-42-20-18-33-27(35)16-15-26(31(40)41)34-28(36)10-8-6-4-3-5-7-9-19-44-25-13-11-24(12-14-25)30(38)39/h11-14,26H,2-10,15-23H2,1H3,(H,32,37)(H,33,35)(H,34,36)(H,38,39)(H,40,41)/t26-/m0/s1. The van der Waals surface area contributed by atoms with E-state index in [1.54, 1.807) is 12.1 Å². The van der Waals surface area contributed by atoms with Crippen molar-refractivity contribution >= 4 is 29.7 Å². The largest absolute Gasteiger partial charge is 0.494 e. The second kappa shape index (κ2) is 24.7. The average molecular weight is 624 g/mol. The number of rotatable bonds is 27. The molecule has 1 aromatic carbocycles. The Morgan fingerprint density at radius 2 is 1.34 bits per heavy atom. The van der Waals surface area contributed by atoms with Gasteiger partial charge in [0.15, 0.2) is 0 Å². The van der Waals surface area contributed by atoms with Crippen molar-refractivity contribution < 1.29 is 48.4 Å². The molecule has 0 bridgehead atoms. The second-order valence-corrected chi connectivity index (χ2v) is 10.3. The van der Waals surface area contributed by atoms with Crippen LogP contribution in [0.3, 0.4) is 0 Å². The third-order valence-corrected chi connectivity index (χ3v) is 6.46. The van der Waals surface area contributed by atoms with Gasteiger partial charge in [0.05, 0.1) is 32.0 Å². The monoisotopic (exact) mass is 623 g/mol. The summed E-state index contributed by atoms with van der Waals surface area (Å²) < 4.78 is 16.1. The quantitative estimate of drug-likeness (QED) is 0.0911. The molecule has 0 aliphatic carbocycles. The molecule has 1 rings (SSSR count). The summed E-state index contributed by atoms with van der Waals surface area (Å²) in [5, 5.41) is 26.2. The topological polar surface area (TPSA) is 190 Å². The number of benzene rings is 1. The number of aliphatic carboxylic acids is 1. The smallest absolute Gasteiger partial charge is 0.335 e. The summed E-state index contributed by atoms with van der Waals surface area (Å²) in [5.41, 5.74) is 0.223. The van der Waals surface area contributed by atoms with E-state index < -0.39 is 18.0 Å². The fourth-order valence-corrected chi connectivity index (χ4v) is 4.01. The molecule has 1 aromatic rings. The Morgan fingerprint density at radius 3 is 2.00 bits per heavy atom. The average Bonchev–Trinajstić information content (AvgIpc) is 3.00. The Labute approximate surface area is 259 Å². The van der Waals surface area contributed by atoms with E-state index >= 15 is 0 Å². The van der Waals surface area contributed by atoms with Crippen LogP contribution in [0.5, 0.6) is 5.75 Å². The molecule has 0 saturated heterocycles. The van der Waals surface area contributed by atoms with Gasteiger partial charge in [0.2, 0.25) is 17.7 Å². The predicted molar refractivity (Wildman–Crippen MR) is 163 cm³/mol. The van der Waals surface area contributed by atoms with Crippen molar-refractivity contribution in [3.63, 3.8) is 0 Å². The lowest BCUT2D eigenvalue weighted by atomic mass is 10.1. The van der Waals surface area contributed by atoms with Crippen molar-refractivity contribution in [3.8, 4) is 5.75 Å². The summed E-state index contributed by atoms with van der Waals surface area (Å²) in [6.45, 7) is 4.12. The van der Waals surface area contributed by atoms with Gasteiger partial charge in [-0.2, -0.15) is 0 Å². The maximum atomic E-state index is 12.2. The van der Waals surface area contributed by atoms with Crippen LogP contribution in [0.1, 0.15) is 87.9 Å². The molecule has 0 heterocycles. The summed E-state index contributed by atoms with van der Waals surface area (Å²) in [6, 6.07) is 5.19. The van der Waals surface area contributed by atoms with Gasteiger partial charge in [0.25, 0.3) is 0 Å². The summed E-state index contributed by atoms with van der Waals surface area (Å²) >= 11 is 0. The molecular formula is C31H49N3O10. The van der Waals surface area contributed by atoms with E-state index in [4.69, 9.17) is 19.3 Å². The first kappa shape index (κ1) is 38.3. The van der Waals surface area contributed by atoms with E-state index in [1.165, 1.54) is 12.1 Å². The second-order valence-electron chi connectivity index (χ2n) is 10.3. The first-order valence-corrected chi connectivity index (χ1v) is 15.4. The molecule has 13 nitrogen and oxygen atoms in total. The minimum absolute atomic E-state index is 0.0148. The zero-order valence-corrected chi connectivity index (χ0v) is 25.8. The highest BCUT2D eigenvalue weighted by Crippen LogP contribution is 2.14. The number of unbranched alkanes of at least 4 members (excludes halogenated alkanes) is 6. The van der Waals surface area contributed by atoms with Crippen LogP contribution < -0.4 is 20.7 Å². The molecule has 44 heavy (non-hydrogen) atoms. The van der Waals surface area contributed by atoms with E-state index in [1.807, 2.05) is 6.92 Å². The molecule has 0 fully saturated rings. The number of amides is 3. The van der Waals surface area contributed by atoms with E-state index in [0.29, 0.717) is 25.3 Å². The molecular weight excluding hydrogens is 574 g/mol. The number of nitrogens with one attached hydrogen (secondary N) is 3. The molecule has 248 valence electrons. The highest BCUT2D eigenvalue weighted by atomic mass is 16.5. The minimum atomic E-state index is -1.18. The van der Waals surface area contributed by atoms with Crippen molar-refractivity contribution in [2.75, 3.05) is 46.1 Å². The van der Waals surface area contributed by atoms with Crippen LogP contribution in [0.2, 0.25) is 0 Å². The zero-order valence-electron chi connectivity index (χ0n) is 25.8. The van der Waals surface area contributed by atoms with Crippen molar-refractivity contribution in [2.24, 2.45) is 0 Å². The fraction of sp³-hybridized carbons (Fsp3) is 0.645. The van der Waals surface area contributed by atoms with Crippen LogP contribution in [0, 0.1) is 0 Å². The van der Waals surface area contributed by atoms with Gasteiger partial charge in [-0.3, -0.25) is 14.4 Å². The van der Waals surface area contributed by atoms with Gasteiger partial charge in [0.1, 0.15) is 18.4 Å². The van der Waals surface area contributed by atoms with Gasteiger partial charge in [-0.1, -0.05) is 39.0 Å². The fourth-order valence-electron chi connectivity index (χ4n) is 4.01. The number of aromatic carboxylic acids is 1. The molecule has 0 unspecified atom stereocenters. The van der Waals surface area contributed by atoms with Crippen LogP contribution in [-0.2, 0) is 28.7 Å². The summed E-state index contributed by atoms with van der Waals surface area (Å²) in [6.07, 6.45) is 7.48. The van der Waals surface area contributed by atoms with Gasteiger partial charge in [-0.25, -0.2) is 9.59 Å². The van der Waals surface area contributed by atoms with Gasteiger partial charge in [0, 0.05) is 25.9 Å². The Hall–Kier alpha value is -3.71. The first-order chi connectivity index (χ1) is 21.2. The van der Waals surface area contributed by atoms with Crippen molar-refractivity contribution in [3.05, 3.63) is 29.8 Å². The maximum absolute atomic E-state index is 12.2.